The van der Waals surface area contributed by atoms with E-state index in [-0.39, 0.29) is 55.2 Å². The normalized spacial score (nSPS) is 23.6. The molecule has 0 aromatic heterocycles. The second-order valence-corrected chi connectivity index (χ2v) is 10.8. The SMILES string of the molecule is O=C(C[C@H]1C/C=C\CC[C@H](Cc2ccc(F)cc2)C(=O)OC[C@H]2CCCN2C1=O)N[C@@H](CO)Cc1ccccc1. The molecule has 0 bridgehead atoms. The van der Waals surface area contributed by atoms with Crippen LogP contribution in [0.15, 0.2) is 66.7 Å². The van der Waals surface area contributed by atoms with E-state index in [1.807, 2.05) is 42.5 Å². The molecular weight excluding hydrogens is 511 g/mol. The Labute approximate surface area is 235 Å². The summed E-state index contributed by atoms with van der Waals surface area (Å²) in [6, 6.07) is 15.1. The lowest BCUT2D eigenvalue weighted by Crippen LogP contribution is -2.45. The Kier molecular flexibility index (Phi) is 10.9. The first-order chi connectivity index (χ1) is 19.4. The van der Waals surface area contributed by atoms with Crippen molar-refractivity contribution >= 4 is 17.8 Å². The zero-order valence-electron chi connectivity index (χ0n) is 22.8. The molecular formula is C32H39FN2O5. The van der Waals surface area contributed by atoms with Gasteiger partial charge in [-0.15, -0.1) is 0 Å². The van der Waals surface area contributed by atoms with Crippen molar-refractivity contribution in [3.8, 4) is 0 Å². The molecule has 0 spiro atoms. The quantitative estimate of drug-likeness (QED) is 0.383. The number of nitrogens with one attached hydrogen (secondary N) is 1. The third-order valence-electron chi connectivity index (χ3n) is 7.77. The average Bonchev–Trinajstić information content (AvgIpc) is 3.43. The summed E-state index contributed by atoms with van der Waals surface area (Å²) < 4.78 is 19.1. The maximum absolute atomic E-state index is 13.6. The van der Waals surface area contributed by atoms with Gasteiger partial charge >= 0.3 is 5.97 Å². The van der Waals surface area contributed by atoms with Crippen LogP contribution < -0.4 is 5.32 Å². The number of carbonyl (C=O) groups is 3. The maximum atomic E-state index is 13.6. The van der Waals surface area contributed by atoms with Gasteiger partial charge in [-0.3, -0.25) is 14.4 Å². The lowest BCUT2D eigenvalue weighted by molar-refractivity contribution is -0.152. The fourth-order valence-corrected chi connectivity index (χ4v) is 5.56. The summed E-state index contributed by atoms with van der Waals surface area (Å²) in [6.07, 6.45) is 7.99. The molecule has 8 heteroatoms. The molecule has 2 amide bonds. The van der Waals surface area contributed by atoms with E-state index < -0.39 is 12.0 Å². The largest absolute Gasteiger partial charge is 0.463 e. The number of carbonyl (C=O) groups excluding carboxylic acids is 3. The minimum atomic E-state index is -0.542. The van der Waals surface area contributed by atoms with E-state index in [1.165, 1.54) is 12.1 Å². The predicted octanol–water partition coefficient (Wildman–Crippen LogP) is 3.98. The highest BCUT2D eigenvalue weighted by Gasteiger charge is 2.35. The number of cyclic esters (lactones) is 1. The summed E-state index contributed by atoms with van der Waals surface area (Å²) in [5.74, 6) is -1.92. The molecule has 0 unspecified atom stereocenters. The van der Waals surface area contributed by atoms with E-state index >= 15 is 0 Å². The molecule has 2 aliphatic rings. The highest BCUT2D eigenvalue weighted by atomic mass is 19.1. The van der Waals surface area contributed by atoms with Gasteiger partial charge in [0.05, 0.1) is 30.5 Å². The molecule has 2 aromatic carbocycles. The number of halogens is 1. The molecule has 7 nitrogen and oxygen atoms in total. The van der Waals surface area contributed by atoms with Crippen LogP contribution in [0.2, 0.25) is 0 Å². The first-order valence-electron chi connectivity index (χ1n) is 14.2. The number of aliphatic hydroxyl groups is 1. The van der Waals surface area contributed by atoms with Gasteiger partial charge in [0, 0.05) is 13.0 Å². The second kappa shape index (κ2) is 14.7. The van der Waals surface area contributed by atoms with E-state index in [0.717, 1.165) is 24.0 Å². The number of rotatable bonds is 8. The Morgan fingerprint density at radius 2 is 1.80 bits per heavy atom. The highest BCUT2D eigenvalue weighted by molar-refractivity contribution is 5.86. The average molecular weight is 551 g/mol. The van der Waals surface area contributed by atoms with Gasteiger partial charge in [-0.2, -0.15) is 0 Å². The van der Waals surface area contributed by atoms with Gasteiger partial charge in [-0.25, -0.2) is 4.39 Å². The molecule has 2 heterocycles. The van der Waals surface area contributed by atoms with Gasteiger partial charge in [-0.05, 0) is 68.2 Å². The van der Waals surface area contributed by atoms with Crippen molar-refractivity contribution in [3.63, 3.8) is 0 Å². The molecule has 4 rings (SSSR count). The summed E-state index contributed by atoms with van der Waals surface area (Å²) in [4.78, 5) is 41.4. The van der Waals surface area contributed by atoms with Crippen LogP contribution >= 0.6 is 0 Å². The van der Waals surface area contributed by atoms with Gasteiger partial charge in [0.2, 0.25) is 11.8 Å². The van der Waals surface area contributed by atoms with Crippen molar-refractivity contribution in [3.05, 3.63) is 83.7 Å². The van der Waals surface area contributed by atoms with E-state index in [1.54, 1.807) is 17.0 Å². The summed E-state index contributed by atoms with van der Waals surface area (Å²) >= 11 is 0. The molecule has 2 aromatic rings. The topological polar surface area (TPSA) is 95.9 Å². The van der Waals surface area contributed by atoms with Crippen LogP contribution in [0, 0.1) is 17.7 Å². The number of amides is 2. The van der Waals surface area contributed by atoms with Crippen molar-refractivity contribution in [2.75, 3.05) is 19.8 Å². The first-order valence-corrected chi connectivity index (χ1v) is 14.2. The Hall–Kier alpha value is -3.52. The van der Waals surface area contributed by atoms with Gasteiger partial charge in [-0.1, -0.05) is 54.6 Å². The zero-order valence-corrected chi connectivity index (χ0v) is 22.8. The molecule has 2 N–H and O–H groups in total. The Balaban J connectivity index is 1.42. The Morgan fingerprint density at radius 3 is 2.55 bits per heavy atom. The molecule has 1 saturated heterocycles. The fraction of sp³-hybridized carbons (Fsp3) is 0.469. The number of hydrogen-bond donors (Lipinski definition) is 2. The number of aliphatic hydroxyl groups excluding tert-OH is 1. The number of nitrogens with zero attached hydrogens (tertiary/aromatic N) is 1. The minimum absolute atomic E-state index is 0.0185. The number of allylic oxidation sites excluding steroid dienone is 2. The summed E-state index contributed by atoms with van der Waals surface area (Å²) in [5, 5.41) is 12.7. The van der Waals surface area contributed by atoms with E-state index in [0.29, 0.717) is 38.6 Å². The number of esters is 1. The maximum Gasteiger partial charge on any atom is 0.309 e. The van der Waals surface area contributed by atoms with Crippen LogP contribution in [0.3, 0.4) is 0 Å². The van der Waals surface area contributed by atoms with Gasteiger partial charge in [0.1, 0.15) is 12.4 Å². The van der Waals surface area contributed by atoms with E-state index in [9.17, 15) is 23.9 Å². The molecule has 40 heavy (non-hydrogen) atoms. The summed E-state index contributed by atoms with van der Waals surface area (Å²) in [5.41, 5.74) is 1.88. The Morgan fingerprint density at radius 1 is 1.02 bits per heavy atom. The van der Waals surface area contributed by atoms with Crippen molar-refractivity contribution in [1.29, 1.82) is 0 Å². The molecule has 0 aliphatic carbocycles. The monoisotopic (exact) mass is 550 g/mol. The smallest absolute Gasteiger partial charge is 0.309 e. The lowest BCUT2D eigenvalue weighted by atomic mass is 9.94. The number of hydrogen-bond acceptors (Lipinski definition) is 5. The molecule has 214 valence electrons. The van der Waals surface area contributed by atoms with Crippen LogP contribution in [-0.4, -0.2) is 59.6 Å². The van der Waals surface area contributed by atoms with E-state index in [2.05, 4.69) is 5.32 Å². The van der Waals surface area contributed by atoms with Crippen molar-refractivity contribution in [2.24, 2.45) is 11.8 Å². The molecule has 2 aliphatic heterocycles. The van der Waals surface area contributed by atoms with Crippen LogP contribution in [0.5, 0.6) is 0 Å². The lowest BCUT2D eigenvalue weighted by Gasteiger charge is -2.29. The van der Waals surface area contributed by atoms with Gasteiger partial charge in [0.25, 0.3) is 0 Å². The first kappa shape index (κ1) is 29.5. The van der Waals surface area contributed by atoms with E-state index in [4.69, 9.17) is 4.74 Å². The molecule has 0 radical (unpaired) electrons. The van der Waals surface area contributed by atoms with Crippen molar-refractivity contribution < 1.29 is 28.6 Å². The zero-order chi connectivity index (χ0) is 28.3. The predicted molar refractivity (Wildman–Crippen MR) is 150 cm³/mol. The summed E-state index contributed by atoms with van der Waals surface area (Å²) in [6.45, 7) is 0.494. The van der Waals surface area contributed by atoms with Gasteiger partial charge in [0.15, 0.2) is 0 Å². The van der Waals surface area contributed by atoms with Gasteiger partial charge < -0.3 is 20.1 Å². The van der Waals surface area contributed by atoms with Crippen molar-refractivity contribution in [2.45, 2.75) is 63.5 Å². The highest BCUT2D eigenvalue weighted by Crippen LogP contribution is 2.25. The third kappa shape index (κ3) is 8.49. The summed E-state index contributed by atoms with van der Waals surface area (Å²) in [7, 11) is 0. The minimum Gasteiger partial charge on any atom is -0.463 e. The van der Waals surface area contributed by atoms with Crippen LogP contribution in [0.1, 0.15) is 49.7 Å². The second-order valence-electron chi connectivity index (χ2n) is 10.8. The number of benzene rings is 2. The van der Waals surface area contributed by atoms with Crippen LogP contribution in [0.25, 0.3) is 0 Å². The molecule has 0 saturated carbocycles. The molecule has 4 atom stereocenters. The number of fused-ring (bicyclic) bond motifs is 1. The fourth-order valence-electron chi connectivity index (χ4n) is 5.56. The van der Waals surface area contributed by atoms with Crippen molar-refractivity contribution in [1.82, 2.24) is 10.2 Å². The van der Waals surface area contributed by atoms with Crippen LogP contribution in [-0.2, 0) is 32.0 Å². The number of ether oxygens (including phenoxy) is 1. The third-order valence-corrected chi connectivity index (χ3v) is 7.77. The van der Waals surface area contributed by atoms with Crippen LogP contribution in [0.4, 0.5) is 4.39 Å². The standard InChI is InChI=1S/C32H39FN2O5/c33-27-15-13-24(14-16-27)18-26-11-6-2-5-10-25(31(38)35-17-7-12-29(35)22-40-32(26)39)20-30(37)34-28(21-36)19-23-8-3-1-4-9-23/h1-5,8-9,13-16,25-26,28-29,36H,6-7,10-12,17-22H2,(H,34,37)/b5-2-/t25-,26-,28-,29-/m1/s1. The molecule has 1 fully saturated rings. The Bertz CT molecular complexity index is 1150.